The van der Waals surface area contributed by atoms with E-state index >= 15 is 0 Å². The second-order valence-corrected chi connectivity index (χ2v) is 9.08. The van der Waals surface area contributed by atoms with Gasteiger partial charge in [-0.3, -0.25) is 4.79 Å². The quantitative estimate of drug-likeness (QED) is 0.717. The fourth-order valence-corrected chi connectivity index (χ4v) is 6.35. The minimum Gasteiger partial charge on any atom is -0.481 e. The molecule has 0 saturated carbocycles. The number of nitrogens with zero attached hydrogens (tertiary/aromatic N) is 3. The third-order valence-electron chi connectivity index (χ3n) is 5.72. The van der Waals surface area contributed by atoms with Gasteiger partial charge in [0.05, 0.1) is 17.5 Å². The summed E-state index contributed by atoms with van der Waals surface area (Å²) in [7, 11) is -3.87. The van der Waals surface area contributed by atoms with E-state index in [1.165, 1.54) is 16.6 Å². The Morgan fingerprint density at radius 1 is 1.21 bits per heavy atom. The minimum absolute atomic E-state index is 0.0309. The highest BCUT2D eigenvalue weighted by atomic mass is 32.2. The van der Waals surface area contributed by atoms with E-state index in [0.29, 0.717) is 30.3 Å². The molecule has 1 aromatic carbocycles. The van der Waals surface area contributed by atoms with Crippen molar-refractivity contribution in [2.45, 2.75) is 36.2 Å². The van der Waals surface area contributed by atoms with Crippen LogP contribution in [-0.2, 0) is 14.8 Å². The Labute approximate surface area is 160 Å². The summed E-state index contributed by atoms with van der Waals surface area (Å²) in [4.78, 5) is 15.7. The number of rotatable bonds is 4. The van der Waals surface area contributed by atoms with Gasteiger partial charge in [-0.2, -0.15) is 4.31 Å². The molecule has 9 heteroatoms. The lowest BCUT2D eigenvalue weighted by molar-refractivity contribution is -0.142. The third kappa shape index (κ3) is 2.46. The summed E-state index contributed by atoms with van der Waals surface area (Å²) in [6.07, 6.45) is 2.87. The zero-order valence-corrected chi connectivity index (χ0v) is 15.5. The molecule has 2 aliphatic rings. The van der Waals surface area contributed by atoms with Crippen LogP contribution in [0.15, 0.2) is 52.0 Å². The van der Waals surface area contributed by atoms with Crippen molar-refractivity contribution >= 4 is 27.1 Å². The van der Waals surface area contributed by atoms with Crippen molar-refractivity contribution in [2.75, 3.05) is 0 Å². The third-order valence-corrected chi connectivity index (χ3v) is 7.66. The molecule has 3 aromatic rings. The van der Waals surface area contributed by atoms with Gasteiger partial charge < -0.3 is 9.63 Å². The van der Waals surface area contributed by atoms with E-state index in [9.17, 15) is 18.3 Å². The average Bonchev–Trinajstić information content (AvgIpc) is 3.41. The van der Waals surface area contributed by atoms with Gasteiger partial charge in [0.25, 0.3) is 5.71 Å². The number of carbonyl (C=O) groups is 1. The SMILES string of the molecule is O=C(O)C1CC2CCC1N2S(=O)(=O)c1cnc2onc(-c3ccccc3)c2c1. The van der Waals surface area contributed by atoms with Crippen LogP contribution in [0, 0.1) is 5.92 Å². The Kier molecular flexibility index (Phi) is 3.78. The van der Waals surface area contributed by atoms with Crippen molar-refractivity contribution < 1.29 is 22.8 Å². The van der Waals surface area contributed by atoms with Crippen LogP contribution in [0.3, 0.4) is 0 Å². The minimum atomic E-state index is -3.87. The lowest BCUT2D eigenvalue weighted by Gasteiger charge is -2.22. The van der Waals surface area contributed by atoms with Gasteiger partial charge in [0.15, 0.2) is 0 Å². The molecule has 2 fully saturated rings. The van der Waals surface area contributed by atoms with E-state index < -0.39 is 28.0 Å². The number of carboxylic acids is 1. The topological polar surface area (TPSA) is 114 Å². The molecule has 0 spiro atoms. The first-order valence-electron chi connectivity index (χ1n) is 9.04. The molecule has 1 N–H and O–H groups in total. The van der Waals surface area contributed by atoms with Gasteiger partial charge in [-0.15, -0.1) is 0 Å². The van der Waals surface area contributed by atoms with Crippen LogP contribution in [0.25, 0.3) is 22.4 Å². The Hall–Kier alpha value is -2.78. The summed E-state index contributed by atoms with van der Waals surface area (Å²) in [6.45, 7) is 0. The highest BCUT2D eigenvalue weighted by Crippen LogP contribution is 2.45. The molecule has 2 bridgehead atoms. The molecule has 0 aliphatic carbocycles. The Morgan fingerprint density at radius 2 is 2.00 bits per heavy atom. The van der Waals surface area contributed by atoms with Crippen LogP contribution in [0.1, 0.15) is 19.3 Å². The van der Waals surface area contributed by atoms with E-state index in [-0.39, 0.29) is 16.7 Å². The molecule has 4 heterocycles. The van der Waals surface area contributed by atoms with Crippen LogP contribution < -0.4 is 0 Å². The average molecular weight is 399 g/mol. The van der Waals surface area contributed by atoms with Gasteiger partial charge in [-0.25, -0.2) is 13.4 Å². The fraction of sp³-hybridized carbons (Fsp3) is 0.316. The fourth-order valence-electron chi connectivity index (χ4n) is 4.46. The van der Waals surface area contributed by atoms with Crippen LogP contribution >= 0.6 is 0 Å². The first-order valence-corrected chi connectivity index (χ1v) is 10.5. The van der Waals surface area contributed by atoms with E-state index in [2.05, 4.69) is 10.1 Å². The molecule has 144 valence electrons. The predicted octanol–water partition coefficient (Wildman–Crippen LogP) is 2.52. The molecule has 2 aromatic heterocycles. The summed E-state index contributed by atoms with van der Waals surface area (Å²) < 4.78 is 33.3. The second kappa shape index (κ2) is 6.11. The van der Waals surface area contributed by atoms with E-state index in [1.807, 2.05) is 30.3 Å². The highest BCUT2D eigenvalue weighted by Gasteiger charge is 2.54. The lowest BCUT2D eigenvalue weighted by Crippen LogP contribution is -2.37. The number of benzene rings is 1. The summed E-state index contributed by atoms with van der Waals surface area (Å²) in [5.41, 5.74) is 1.57. The maximum Gasteiger partial charge on any atom is 0.308 e. The number of pyridine rings is 1. The molecule has 5 rings (SSSR count). The van der Waals surface area contributed by atoms with E-state index in [0.717, 1.165) is 5.56 Å². The van der Waals surface area contributed by atoms with E-state index in [4.69, 9.17) is 4.52 Å². The van der Waals surface area contributed by atoms with Gasteiger partial charge in [0, 0.05) is 17.6 Å². The summed E-state index contributed by atoms with van der Waals surface area (Å²) in [6, 6.07) is 10.1. The number of hydrogen-bond donors (Lipinski definition) is 1. The normalized spacial score (nSPS) is 24.8. The maximum atomic E-state index is 13.3. The van der Waals surface area contributed by atoms with Crippen LogP contribution in [0.5, 0.6) is 0 Å². The zero-order valence-electron chi connectivity index (χ0n) is 14.7. The molecule has 0 radical (unpaired) electrons. The largest absolute Gasteiger partial charge is 0.481 e. The summed E-state index contributed by atoms with van der Waals surface area (Å²) in [5, 5.41) is 14.0. The molecule has 2 saturated heterocycles. The number of fused-ring (bicyclic) bond motifs is 3. The number of aromatic nitrogens is 2. The number of carboxylic acid groups (broad SMARTS) is 1. The first kappa shape index (κ1) is 17.3. The molecular weight excluding hydrogens is 382 g/mol. The molecule has 28 heavy (non-hydrogen) atoms. The number of hydrogen-bond acceptors (Lipinski definition) is 6. The monoisotopic (exact) mass is 399 g/mol. The first-order chi connectivity index (χ1) is 13.5. The Balaban J connectivity index is 1.59. The van der Waals surface area contributed by atoms with Crippen LogP contribution in [0.2, 0.25) is 0 Å². The molecule has 8 nitrogen and oxygen atoms in total. The lowest BCUT2D eigenvalue weighted by atomic mass is 9.89. The molecule has 0 amide bonds. The molecule has 3 atom stereocenters. The van der Waals surface area contributed by atoms with Gasteiger partial charge in [0.1, 0.15) is 10.6 Å². The standard InChI is InChI=1S/C19H17N3O5S/c23-19(24)14-8-12-6-7-16(14)22(12)28(25,26)13-9-15-17(11-4-2-1-3-5-11)21-27-18(15)20-10-13/h1-5,9-10,12,14,16H,6-8H2,(H,23,24). The summed E-state index contributed by atoms with van der Waals surface area (Å²) in [5.74, 6) is -1.59. The van der Waals surface area contributed by atoms with E-state index in [1.54, 1.807) is 0 Å². The van der Waals surface area contributed by atoms with Gasteiger partial charge in [-0.05, 0) is 25.3 Å². The second-order valence-electron chi connectivity index (χ2n) is 7.23. The number of sulfonamides is 1. The van der Waals surface area contributed by atoms with Crippen molar-refractivity contribution in [1.82, 2.24) is 14.4 Å². The number of aliphatic carboxylic acids is 1. The Morgan fingerprint density at radius 3 is 2.71 bits per heavy atom. The molecular formula is C19H17N3O5S. The van der Waals surface area contributed by atoms with Crippen LogP contribution in [0.4, 0.5) is 0 Å². The van der Waals surface area contributed by atoms with Gasteiger partial charge in [-0.1, -0.05) is 35.5 Å². The van der Waals surface area contributed by atoms with Gasteiger partial charge >= 0.3 is 5.97 Å². The predicted molar refractivity (Wildman–Crippen MR) is 98.8 cm³/mol. The van der Waals surface area contributed by atoms with Crippen molar-refractivity contribution in [1.29, 1.82) is 0 Å². The van der Waals surface area contributed by atoms with Crippen molar-refractivity contribution in [3.05, 3.63) is 42.6 Å². The molecule has 3 unspecified atom stereocenters. The molecule has 2 aliphatic heterocycles. The van der Waals surface area contributed by atoms with Crippen molar-refractivity contribution in [3.63, 3.8) is 0 Å². The van der Waals surface area contributed by atoms with Crippen molar-refractivity contribution in [2.24, 2.45) is 5.92 Å². The van der Waals surface area contributed by atoms with Gasteiger partial charge in [0.2, 0.25) is 10.0 Å². The zero-order chi connectivity index (χ0) is 19.5. The van der Waals surface area contributed by atoms with Crippen LogP contribution in [-0.4, -0.2) is 46.0 Å². The van der Waals surface area contributed by atoms with Crippen molar-refractivity contribution in [3.8, 4) is 11.3 Å². The summed E-state index contributed by atoms with van der Waals surface area (Å²) >= 11 is 0. The maximum absolute atomic E-state index is 13.3. The Bertz CT molecular complexity index is 1170. The smallest absolute Gasteiger partial charge is 0.308 e. The highest BCUT2D eigenvalue weighted by molar-refractivity contribution is 7.89.